The standard InChI is InChI=1S/C46H67NO9/c1-7-8-9-13-22-29-44(53-33-34-54-44)30-23-14-11-10-12-21-28-38(45(52,31-32-48)41(50)55-43(4,5)6)40(49)47-39(35(2)3)46(56-42(47)51,36-24-17-15-18-25-36)37-26-19-16-20-27-37/h15-21,24-28,35,38-39,48,52H,7-14,22-23,29-34H2,1-6H3/b28-21+/t38-,39+,45+/m1/s1. The van der Waals surface area contributed by atoms with Crippen LogP contribution in [0.1, 0.15) is 136 Å². The molecule has 2 aromatic carbocycles. The molecule has 0 aromatic heterocycles. The lowest BCUT2D eigenvalue weighted by molar-refractivity contribution is -0.186. The van der Waals surface area contributed by atoms with Gasteiger partial charge in [-0.15, -0.1) is 0 Å². The van der Waals surface area contributed by atoms with Crippen molar-refractivity contribution in [2.45, 2.75) is 154 Å². The molecule has 2 aliphatic rings. The third-order valence-electron chi connectivity index (χ3n) is 10.9. The van der Waals surface area contributed by atoms with Crippen molar-refractivity contribution < 1.29 is 43.5 Å². The van der Waals surface area contributed by atoms with Crippen LogP contribution in [0.15, 0.2) is 72.8 Å². The molecule has 0 bridgehead atoms. The summed E-state index contributed by atoms with van der Waals surface area (Å²) in [5, 5.41) is 22.4. The molecule has 0 spiro atoms. The minimum atomic E-state index is -2.48. The fourth-order valence-corrected chi connectivity index (χ4v) is 8.20. The van der Waals surface area contributed by atoms with Crippen molar-refractivity contribution in [1.29, 1.82) is 0 Å². The van der Waals surface area contributed by atoms with Crippen LogP contribution in [0.3, 0.4) is 0 Å². The van der Waals surface area contributed by atoms with E-state index >= 15 is 4.79 Å². The van der Waals surface area contributed by atoms with E-state index in [1.165, 1.54) is 31.8 Å². The van der Waals surface area contributed by atoms with E-state index in [2.05, 4.69) is 6.92 Å². The molecule has 2 amide bonds. The van der Waals surface area contributed by atoms with Crippen LogP contribution < -0.4 is 0 Å². The molecule has 2 heterocycles. The third-order valence-corrected chi connectivity index (χ3v) is 10.9. The largest absolute Gasteiger partial charge is 0.458 e. The summed E-state index contributed by atoms with van der Waals surface area (Å²) in [5.74, 6) is -4.21. The molecule has 3 atom stereocenters. The topological polar surface area (TPSA) is 132 Å². The molecule has 4 rings (SSSR count). The van der Waals surface area contributed by atoms with Gasteiger partial charge in [0, 0.05) is 37.0 Å². The van der Waals surface area contributed by atoms with E-state index in [1.807, 2.05) is 74.5 Å². The first-order valence-corrected chi connectivity index (χ1v) is 20.9. The van der Waals surface area contributed by atoms with Crippen LogP contribution in [0.4, 0.5) is 4.79 Å². The van der Waals surface area contributed by atoms with Crippen LogP contribution in [0, 0.1) is 11.8 Å². The summed E-state index contributed by atoms with van der Waals surface area (Å²) in [4.78, 5) is 44.1. The number of amides is 2. The number of hydrogen-bond donors (Lipinski definition) is 2. The van der Waals surface area contributed by atoms with Gasteiger partial charge in [-0.1, -0.05) is 132 Å². The van der Waals surface area contributed by atoms with Crippen molar-refractivity contribution >= 4 is 18.0 Å². The Hall–Kier alpha value is -3.57. The van der Waals surface area contributed by atoms with Crippen LogP contribution in [0.2, 0.25) is 0 Å². The minimum absolute atomic E-state index is 0.317. The monoisotopic (exact) mass is 777 g/mol. The Labute approximate surface area is 334 Å². The number of unbranched alkanes of at least 4 members (excludes halogenated alkanes) is 8. The second-order valence-corrected chi connectivity index (χ2v) is 16.8. The maximum Gasteiger partial charge on any atom is 0.418 e. The Morgan fingerprint density at radius 2 is 1.41 bits per heavy atom. The molecule has 56 heavy (non-hydrogen) atoms. The molecule has 0 aliphatic carbocycles. The smallest absolute Gasteiger partial charge is 0.418 e. The molecule has 0 unspecified atom stereocenters. The lowest BCUT2D eigenvalue weighted by atomic mass is 9.75. The number of esters is 1. The highest BCUT2D eigenvalue weighted by Crippen LogP contribution is 2.48. The number of aliphatic hydroxyl groups is 2. The predicted octanol–water partition coefficient (Wildman–Crippen LogP) is 9.01. The van der Waals surface area contributed by atoms with Crippen LogP contribution in [0.5, 0.6) is 0 Å². The molecule has 310 valence electrons. The van der Waals surface area contributed by atoms with Gasteiger partial charge in [-0.2, -0.15) is 0 Å². The molecule has 2 N–H and O–H groups in total. The Kier molecular flexibility index (Phi) is 16.7. The number of nitrogens with zero attached hydrogens (tertiary/aromatic N) is 1. The molecular formula is C46H67NO9. The Morgan fingerprint density at radius 3 is 1.91 bits per heavy atom. The SMILES string of the molecule is CCCCCCCC1(CCCCCC/C=C/[C@H](C(=O)N2C(=O)OC(c3ccccc3)(c3ccccc3)[C@@H]2C(C)C)[C@@](O)(CCO)C(=O)OC(C)(C)C)OCCO1. The number of ether oxygens (including phenoxy) is 4. The minimum Gasteiger partial charge on any atom is -0.458 e. The second-order valence-electron chi connectivity index (χ2n) is 16.8. The van der Waals surface area contributed by atoms with Gasteiger partial charge >= 0.3 is 12.1 Å². The average Bonchev–Trinajstić information content (AvgIpc) is 3.77. The van der Waals surface area contributed by atoms with Gasteiger partial charge in [0.2, 0.25) is 5.91 Å². The summed E-state index contributed by atoms with van der Waals surface area (Å²) >= 11 is 0. The fraction of sp³-hybridized carbons (Fsp3) is 0.630. The maximum atomic E-state index is 15.0. The third kappa shape index (κ3) is 11.1. The molecular weight excluding hydrogens is 711 g/mol. The first kappa shape index (κ1) is 45.1. The van der Waals surface area contributed by atoms with E-state index in [0.717, 1.165) is 49.8 Å². The first-order chi connectivity index (χ1) is 26.7. The van der Waals surface area contributed by atoms with E-state index in [4.69, 9.17) is 18.9 Å². The average molecular weight is 778 g/mol. The second kappa shape index (κ2) is 20.7. The van der Waals surface area contributed by atoms with Crippen molar-refractivity contribution in [2.75, 3.05) is 19.8 Å². The number of allylic oxidation sites excluding steroid dienone is 1. The maximum absolute atomic E-state index is 15.0. The van der Waals surface area contributed by atoms with Crippen molar-refractivity contribution in [3.63, 3.8) is 0 Å². The van der Waals surface area contributed by atoms with E-state index in [0.29, 0.717) is 30.8 Å². The zero-order valence-corrected chi connectivity index (χ0v) is 34.7. The Balaban J connectivity index is 1.57. The number of rotatable bonds is 22. The lowest BCUT2D eigenvalue weighted by Gasteiger charge is -2.39. The number of carbonyl (C=O) groups excluding carboxylic acids is 3. The molecule has 0 radical (unpaired) electrons. The zero-order chi connectivity index (χ0) is 40.8. The van der Waals surface area contributed by atoms with Crippen LogP contribution in [-0.4, -0.2) is 75.9 Å². The summed E-state index contributed by atoms with van der Waals surface area (Å²) in [6.45, 7) is 11.7. The molecule has 2 saturated heterocycles. The van der Waals surface area contributed by atoms with Crippen LogP contribution in [-0.2, 0) is 34.1 Å². The van der Waals surface area contributed by atoms with Gasteiger partial charge < -0.3 is 29.2 Å². The van der Waals surface area contributed by atoms with E-state index in [1.54, 1.807) is 26.8 Å². The Morgan fingerprint density at radius 1 is 0.875 bits per heavy atom. The van der Waals surface area contributed by atoms with Crippen molar-refractivity contribution in [1.82, 2.24) is 4.90 Å². The number of hydrogen-bond acceptors (Lipinski definition) is 9. The molecule has 2 fully saturated rings. The highest BCUT2D eigenvalue weighted by Gasteiger charge is 2.62. The predicted molar refractivity (Wildman–Crippen MR) is 216 cm³/mol. The number of imide groups is 1. The van der Waals surface area contributed by atoms with Gasteiger partial charge in [0.15, 0.2) is 17.0 Å². The molecule has 10 nitrogen and oxygen atoms in total. The number of benzene rings is 2. The molecule has 0 saturated carbocycles. The van der Waals surface area contributed by atoms with E-state index < -0.39 is 65.5 Å². The molecule has 10 heteroatoms. The highest BCUT2D eigenvalue weighted by molar-refractivity contribution is 6.00. The van der Waals surface area contributed by atoms with Gasteiger partial charge in [0.05, 0.1) is 25.2 Å². The number of aliphatic hydroxyl groups excluding tert-OH is 1. The Bertz CT molecular complexity index is 1510. The molecule has 2 aromatic rings. The number of carbonyl (C=O) groups is 3. The van der Waals surface area contributed by atoms with E-state index in [-0.39, 0.29) is 5.92 Å². The summed E-state index contributed by atoms with van der Waals surface area (Å²) < 4.78 is 24.2. The highest BCUT2D eigenvalue weighted by atomic mass is 16.7. The van der Waals surface area contributed by atoms with Gasteiger partial charge in [-0.25, -0.2) is 14.5 Å². The van der Waals surface area contributed by atoms with Gasteiger partial charge in [-0.3, -0.25) is 4.79 Å². The summed E-state index contributed by atoms with van der Waals surface area (Å²) in [7, 11) is 0. The van der Waals surface area contributed by atoms with Crippen molar-refractivity contribution in [3.05, 3.63) is 83.9 Å². The summed E-state index contributed by atoms with van der Waals surface area (Å²) in [5.41, 5.74) is -3.48. The van der Waals surface area contributed by atoms with Gasteiger partial charge in [0.25, 0.3) is 0 Å². The van der Waals surface area contributed by atoms with E-state index in [9.17, 15) is 19.8 Å². The first-order valence-electron chi connectivity index (χ1n) is 20.9. The van der Waals surface area contributed by atoms with Gasteiger partial charge in [0.1, 0.15) is 5.60 Å². The summed E-state index contributed by atoms with van der Waals surface area (Å²) in [6.07, 6.45) is 13.9. The normalized spacial score (nSPS) is 19.6. The van der Waals surface area contributed by atoms with Gasteiger partial charge in [-0.05, 0) is 52.4 Å². The lowest BCUT2D eigenvalue weighted by Crippen LogP contribution is -2.58. The summed E-state index contributed by atoms with van der Waals surface area (Å²) in [6, 6.07) is 17.8. The van der Waals surface area contributed by atoms with Crippen molar-refractivity contribution in [2.24, 2.45) is 11.8 Å². The van der Waals surface area contributed by atoms with Crippen LogP contribution in [0.25, 0.3) is 0 Å². The molecule has 2 aliphatic heterocycles. The quantitative estimate of drug-likeness (QED) is 0.0683. The fourth-order valence-electron chi connectivity index (χ4n) is 8.20. The van der Waals surface area contributed by atoms with Crippen molar-refractivity contribution in [3.8, 4) is 0 Å². The number of cyclic esters (lactones) is 1. The zero-order valence-electron chi connectivity index (χ0n) is 34.7. The van der Waals surface area contributed by atoms with Crippen LogP contribution >= 0.6 is 0 Å².